The van der Waals surface area contributed by atoms with Crippen LogP contribution in [0.4, 0.5) is 15.0 Å². The Morgan fingerprint density at radius 1 is 1.29 bits per heavy atom. The highest BCUT2D eigenvalue weighted by molar-refractivity contribution is 5.94. The van der Waals surface area contributed by atoms with E-state index in [0.29, 0.717) is 49.6 Å². The number of hydrogen-bond acceptors (Lipinski definition) is 6. The molecule has 35 heavy (non-hydrogen) atoms. The molecule has 3 aromatic heterocycles. The summed E-state index contributed by atoms with van der Waals surface area (Å²) in [4.78, 5) is 26.4. The maximum Gasteiger partial charge on any atom is 0.317 e. The van der Waals surface area contributed by atoms with E-state index in [4.69, 9.17) is 4.74 Å². The van der Waals surface area contributed by atoms with Gasteiger partial charge in [-0.1, -0.05) is 0 Å². The Kier molecular flexibility index (Phi) is 6.51. The van der Waals surface area contributed by atoms with Crippen LogP contribution in [0.15, 0.2) is 24.5 Å². The van der Waals surface area contributed by atoms with Crippen molar-refractivity contribution in [3.8, 4) is 17.3 Å². The minimum absolute atomic E-state index is 0.000162. The lowest BCUT2D eigenvalue weighted by atomic mass is 9.91. The van der Waals surface area contributed by atoms with Crippen LogP contribution < -0.4 is 10.6 Å². The summed E-state index contributed by atoms with van der Waals surface area (Å²) >= 11 is 0. The van der Waals surface area contributed by atoms with Gasteiger partial charge >= 0.3 is 6.03 Å². The third kappa shape index (κ3) is 4.91. The molecule has 4 heterocycles. The summed E-state index contributed by atoms with van der Waals surface area (Å²) < 4.78 is 20.3. The van der Waals surface area contributed by atoms with Gasteiger partial charge in [0.2, 0.25) is 0 Å². The second-order valence-electron chi connectivity index (χ2n) is 9.19. The van der Waals surface area contributed by atoms with Crippen LogP contribution in [0.1, 0.15) is 36.8 Å². The van der Waals surface area contributed by atoms with Gasteiger partial charge in [-0.05, 0) is 50.3 Å². The fourth-order valence-electron chi connectivity index (χ4n) is 4.86. The van der Waals surface area contributed by atoms with Gasteiger partial charge in [0.25, 0.3) is 0 Å². The van der Waals surface area contributed by atoms with E-state index in [0.717, 1.165) is 30.2 Å². The van der Waals surface area contributed by atoms with Crippen molar-refractivity contribution in [2.24, 2.45) is 0 Å². The van der Waals surface area contributed by atoms with Crippen molar-refractivity contribution in [1.29, 1.82) is 5.26 Å². The predicted octanol–water partition coefficient (Wildman–Crippen LogP) is 3.71. The first-order chi connectivity index (χ1) is 17.0. The molecule has 0 aromatic carbocycles. The number of aromatic nitrogens is 3. The van der Waals surface area contributed by atoms with Crippen LogP contribution >= 0.6 is 0 Å². The van der Waals surface area contributed by atoms with Gasteiger partial charge in [-0.15, -0.1) is 0 Å². The van der Waals surface area contributed by atoms with E-state index in [-0.39, 0.29) is 29.5 Å². The minimum atomic E-state index is -0.570. The van der Waals surface area contributed by atoms with Crippen LogP contribution in [0.3, 0.4) is 0 Å². The zero-order valence-electron chi connectivity index (χ0n) is 19.6. The third-order valence-electron chi connectivity index (χ3n) is 6.66. The molecular weight excluding hydrogens is 449 g/mol. The fourth-order valence-corrected chi connectivity index (χ4v) is 4.86. The van der Waals surface area contributed by atoms with E-state index in [1.807, 2.05) is 13.0 Å². The number of aryl methyl sites for hydroxylation is 1. The number of aromatic amines is 1. The minimum Gasteiger partial charge on any atom is -0.378 e. The van der Waals surface area contributed by atoms with E-state index in [2.05, 4.69) is 31.7 Å². The number of urea groups is 1. The molecule has 0 unspecified atom stereocenters. The summed E-state index contributed by atoms with van der Waals surface area (Å²) in [6.45, 7) is 4.23. The Bertz CT molecular complexity index is 1280. The molecule has 1 saturated carbocycles. The first kappa shape index (κ1) is 23.1. The molecule has 3 N–H and O–H groups in total. The first-order valence-electron chi connectivity index (χ1n) is 12.0. The van der Waals surface area contributed by atoms with Crippen molar-refractivity contribution in [3.63, 3.8) is 0 Å². The third-order valence-corrected chi connectivity index (χ3v) is 6.66. The van der Waals surface area contributed by atoms with Gasteiger partial charge in [0.1, 0.15) is 11.7 Å². The molecule has 2 atom stereocenters. The van der Waals surface area contributed by atoms with Crippen molar-refractivity contribution in [1.82, 2.24) is 25.2 Å². The number of carbonyl (C=O) groups is 1. The lowest BCUT2D eigenvalue weighted by molar-refractivity contribution is 0.0521. The van der Waals surface area contributed by atoms with Gasteiger partial charge in [-0.25, -0.2) is 19.2 Å². The number of nitriles is 1. The SMILES string of the molecule is Cc1cnc2[nH]cc(-c3nc(N[C@H]4CCC[C@@H](NC(=O)N5CCOCC5)C4)c(F)cc3C#N)c2c1. The topological polar surface area (TPSA) is 119 Å². The summed E-state index contributed by atoms with van der Waals surface area (Å²) in [7, 11) is 0. The molecular formula is C25H28FN7O2. The summed E-state index contributed by atoms with van der Waals surface area (Å²) in [5.41, 5.74) is 2.93. The van der Waals surface area contributed by atoms with Gasteiger partial charge in [0.05, 0.1) is 24.5 Å². The molecule has 1 aliphatic heterocycles. The van der Waals surface area contributed by atoms with Crippen LogP contribution in [0.25, 0.3) is 22.3 Å². The average molecular weight is 478 g/mol. The standard InChI is InChI=1S/C25H28FN7O2/c1-15-9-19-20(14-29-23(19)28-13-15)22-16(12-27)10-21(26)24(32-22)30-17-3-2-4-18(11-17)31-25(34)33-5-7-35-8-6-33/h9-10,13-14,17-18H,2-8,11H2,1H3,(H,28,29)(H,30,32)(H,31,34)/t17-,18+/m0/s1. The van der Waals surface area contributed by atoms with Crippen LogP contribution in [0, 0.1) is 24.1 Å². The van der Waals surface area contributed by atoms with E-state index in [9.17, 15) is 14.4 Å². The Balaban J connectivity index is 1.35. The quantitative estimate of drug-likeness (QED) is 0.527. The molecule has 0 spiro atoms. The number of H-pyrrole nitrogens is 1. The van der Waals surface area contributed by atoms with Crippen molar-refractivity contribution < 1.29 is 13.9 Å². The van der Waals surface area contributed by atoms with Crippen molar-refractivity contribution in [2.75, 3.05) is 31.6 Å². The number of ether oxygens (including phenoxy) is 1. The molecule has 9 nitrogen and oxygen atoms in total. The molecule has 3 aromatic rings. The lowest BCUT2D eigenvalue weighted by Crippen LogP contribution is -2.51. The number of carbonyl (C=O) groups excluding carboxylic acids is 1. The molecule has 2 amide bonds. The fraction of sp³-hybridized carbons (Fsp3) is 0.440. The van der Waals surface area contributed by atoms with Crippen LogP contribution in [0.5, 0.6) is 0 Å². The Morgan fingerprint density at radius 3 is 2.89 bits per heavy atom. The van der Waals surface area contributed by atoms with Gasteiger partial charge in [0, 0.05) is 48.5 Å². The van der Waals surface area contributed by atoms with Crippen LogP contribution in [-0.2, 0) is 4.74 Å². The number of pyridine rings is 2. The van der Waals surface area contributed by atoms with Crippen LogP contribution in [-0.4, -0.2) is 64.3 Å². The summed E-state index contributed by atoms with van der Waals surface area (Å²) in [6.07, 6.45) is 6.81. The lowest BCUT2D eigenvalue weighted by Gasteiger charge is -2.33. The van der Waals surface area contributed by atoms with Crippen molar-refractivity contribution in [2.45, 2.75) is 44.7 Å². The number of morpholine rings is 1. The van der Waals surface area contributed by atoms with Crippen molar-refractivity contribution in [3.05, 3.63) is 41.5 Å². The van der Waals surface area contributed by atoms with E-state index in [1.54, 1.807) is 17.3 Å². The smallest absolute Gasteiger partial charge is 0.317 e. The molecule has 10 heteroatoms. The van der Waals surface area contributed by atoms with E-state index < -0.39 is 5.82 Å². The number of fused-ring (bicyclic) bond motifs is 1. The predicted molar refractivity (Wildman–Crippen MR) is 129 cm³/mol. The maximum absolute atomic E-state index is 15.0. The molecule has 5 rings (SSSR count). The normalized spacial score (nSPS) is 20.4. The number of halogens is 1. The number of amides is 2. The monoisotopic (exact) mass is 477 g/mol. The second-order valence-corrected chi connectivity index (χ2v) is 9.19. The molecule has 0 radical (unpaired) electrons. The van der Waals surface area contributed by atoms with Crippen molar-refractivity contribution >= 4 is 22.9 Å². The van der Waals surface area contributed by atoms with E-state index >= 15 is 0 Å². The maximum atomic E-state index is 15.0. The molecule has 1 saturated heterocycles. The Hall–Kier alpha value is -3.71. The van der Waals surface area contributed by atoms with Crippen LogP contribution in [0.2, 0.25) is 0 Å². The van der Waals surface area contributed by atoms with Gasteiger partial charge < -0.3 is 25.3 Å². The number of hydrogen-bond donors (Lipinski definition) is 3. The summed E-state index contributed by atoms with van der Waals surface area (Å²) in [5, 5.41) is 16.8. The summed E-state index contributed by atoms with van der Waals surface area (Å²) in [5.74, 6) is -0.460. The second kappa shape index (κ2) is 9.88. The van der Waals surface area contributed by atoms with Gasteiger partial charge in [0.15, 0.2) is 11.6 Å². The largest absolute Gasteiger partial charge is 0.378 e. The molecule has 2 fully saturated rings. The highest BCUT2D eigenvalue weighted by Crippen LogP contribution is 2.32. The molecule has 2 aliphatic rings. The number of anilines is 1. The number of nitrogens with zero attached hydrogens (tertiary/aromatic N) is 4. The zero-order valence-corrected chi connectivity index (χ0v) is 19.6. The highest BCUT2D eigenvalue weighted by atomic mass is 19.1. The zero-order chi connectivity index (χ0) is 24.4. The van der Waals surface area contributed by atoms with E-state index in [1.165, 1.54) is 6.07 Å². The average Bonchev–Trinajstić information content (AvgIpc) is 3.28. The Labute approximate surface area is 202 Å². The Morgan fingerprint density at radius 2 is 2.09 bits per heavy atom. The summed E-state index contributed by atoms with van der Waals surface area (Å²) in [6, 6.07) is 5.14. The first-order valence-corrected chi connectivity index (χ1v) is 12.0. The molecule has 182 valence electrons. The molecule has 0 bridgehead atoms. The number of nitrogens with one attached hydrogen (secondary N) is 3. The number of rotatable bonds is 4. The van der Waals surface area contributed by atoms with Gasteiger partial charge in [-0.2, -0.15) is 5.26 Å². The van der Waals surface area contributed by atoms with Gasteiger partial charge in [-0.3, -0.25) is 0 Å². The highest BCUT2D eigenvalue weighted by Gasteiger charge is 2.27. The molecule has 1 aliphatic carbocycles.